The first-order valence-electron chi connectivity index (χ1n) is 13.0. The van der Waals surface area contributed by atoms with Gasteiger partial charge in [-0.05, 0) is 80.9 Å². The Morgan fingerprint density at radius 1 is 0.730 bits per heavy atom. The molecule has 0 aliphatic heterocycles. The molecule has 0 bridgehead atoms. The number of ether oxygens (including phenoxy) is 2. The molecule has 3 aromatic carbocycles. The second kappa shape index (κ2) is 11.9. The number of hydrogen-bond donors (Lipinski definition) is 0. The van der Waals surface area contributed by atoms with E-state index < -0.39 is 6.16 Å². The van der Waals surface area contributed by atoms with Crippen LogP contribution in [0.4, 0.5) is 4.79 Å². The number of aryl methyl sites for hydroxylation is 1. The first-order chi connectivity index (χ1) is 18.0. The van der Waals surface area contributed by atoms with Crippen molar-refractivity contribution in [2.75, 3.05) is 6.61 Å². The standard InChI is InChI=1S/C31H33NO5/c1-4-7-8-9-10-29(33)22-13-17-27-25(19-22)26-20-23(14-18-28(26)32(27)5-2)30(34)21-11-15-24(16-12-21)37-31(35)36-6-3/h11-20H,4-10H2,1-3H3. The lowest BCUT2D eigenvalue weighted by molar-refractivity contribution is 0.0977. The molecule has 0 aliphatic carbocycles. The van der Waals surface area contributed by atoms with Gasteiger partial charge in [0.1, 0.15) is 5.75 Å². The average Bonchev–Trinajstić information content (AvgIpc) is 3.23. The highest BCUT2D eigenvalue weighted by atomic mass is 16.7. The fourth-order valence-electron chi connectivity index (χ4n) is 4.70. The van der Waals surface area contributed by atoms with Gasteiger partial charge in [0, 0.05) is 51.5 Å². The lowest BCUT2D eigenvalue weighted by Crippen LogP contribution is -2.10. The van der Waals surface area contributed by atoms with E-state index in [0.717, 1.165) is 54.0 Å². The number of unbranched alkanes of at least 4 members (excludes halogenated alkanes) is 3. The molecule has 0 fully saturated rings. The van der Waals surface area contributed by atoms with Crippen molar-refractivity contribution >= 4 is 39.5 Å². The fraction of sp³-hybridized carbons (Fsp3) is 0.323. The number of fused-ring (bicyclic) bond motifs is 3. The minimum absolute atomic E-state index is 0.134. The second-order valence-electron chi connectivity index (χ2n) is 9.08. The Morgan fingerprint density at radius 3 is 1.97 bits per heavy atom. The van der Waals surface area contributed by atoms with Gasteiger partial charge in [-0.3, -0.25) is 9.59 Å². The molecule has 0 radical (unpaired) electrons. The summed E-state index contributed by atoms with van der Waals surface area (Å²) < 4.78 is 12.1. The largest absolute Gasteiger partial charge is 0.513 e. The van der Waals surface area contributed by atoms with Crippen LogP contribution in [-0.4, -0.2) is 28.9 Å². The van der Waals surface area contributed by atoms with Crippen molar-refractivity contribution in [3.05, 3.63) is 77.4 Å². The number of rotatable bonds is 11. The molecule has 37 heavy (non-hydrogen) atoms. The van der Waals surface area contributed by atoms with Crippen LogP contribution in [0, 0.1) is 0 Å². The van der Waals surface area contributed by atoms with E-state index in [0.29, 0.717) is 28.9 Å². The van der Waals surface area contributed by atoms with Crippen LogP contribution in [0.3, 0.4) is 0 Å². The minimum atomic E-state index is -0.779. The van der Waals surface area contributed by atoms with E-state index in [-0.39, 0.29) is 18.2 Å². The summed E-state index contributed by atoms with van der Waals surface area (Å²) >= 11 is 0. The van der Waals surface area contributed by atoms with Crippen LogP contribution < -0.4 is 4.74 Å². The molecule has 0 saturated heterocycles. The number of nitrogens with zero attached hydrogens (tertiary/aromatic N) is 1. The van der Waals surface area contributed by atoms with Crippen molar-refractivity contribution in [1.82, 2.24) is 4.57 Å². The maximum Gasteiger partial charge on any atom is 0.513 e. The van der Waals surface area contributed by atoms with Crippen LogP contribution in [0.15, 0.2) is 60.7 Å². The van der Waals surface area contributed by atoms with Gasteiger partial charge in [0.15, 0.2) is 11.6 Å². The van der Waals surface area contributed by atoms with Crippen LogP contribution in [0.2, 0.25) is 0 Å². The van der Waals surface area contributed by atoms with Gasteiger partial charge in [0.25, 0.3) is 0 Å². The lowest BCUT2D eigenvalue weighted by atomic mass is 9.99. The molecule has 0 aliphatic rings. The van der Waals surface area contributed by atoms with E-state index in [1.807, 2.05) is 36.4 Å². The molecular formula is C31H33NO5. The highest BCUT2D eigenvalue weighted by Gasteiger charge is 2.17. The molecule has 6 nitrogen and oxygen atoms in total. The maximum atomic E-state index is 13.3. The highest BCUT2D eigenvalue weighted by Crippen LogP contribution is 2.32. The van der Waals surface area contributed by atoms with Crippen LogP contribution in [-0.2, 0) is 11.3 Å². The number of hydrogen-bond acceptors (Lipinski definition) is 5. The topological polar surface area (TPSA) is 74.6 Å². The molecule has 0 N–H and O–H groups in total. The summed E-state index contributed by atoms with van der Waals surface area (Å²) in [5.74, 6) is 0.334. The average molecular weight is 500 g/mol. The molecule has 0 saturated carbocycles. The van der Waals surface area contributed by atoms with Gasteiger partial charge >= 0.3 is 6.16 Å². The van der Waals surface area contributed by atoms with Crippen molar-refractivity contribution < 1.29 is 23.9 Å². The van der Waals surface area contributed by atoms with Gasteiger partial charge in [0.2, 0.25) is 0 Å². The molecule has 1 heterocycles. The number of carbonyl (C=O) groups excluding carboxylic acids is 3. The summed E-state index contributed by atoms with van der Waals surface area (Å²) in [6, 6.07) is 18.0. The fourth-order valence-corrected chi connectivity index (χ4v) is 4.70. The zero-order chi connectivity index (χ0) is 26.4. The molecule has 4 aromatic rings. The number of benzene rings is 3. The Kier molecular flexibility index (Phi) is 8.39. The van der Waals surface area contributed by atoms with Crippen LogP contribution >= 0.6 is 0 Å². The Bertz CT molecular complexity index is 1430. The third-order valence-electron chi connectivity index (χ3n) is 6.60. The predicted molar refractivity (Wildman–Crippen MR) is 146 cm³/mol. The molecule has 0 unspecified atom stereocenters. The zero-order valence-electron chi connectivity index (χ0n) is 21.7. The summed E-state index contributed by atoms with van der Waals surface area (Å²) in [5.41, 5.74) is 3.83. The molecule has 192 valence electrons. The summed E-state index contributed by atoms with van der Waals surface area (Å²) in [6.07, 6.45) is 4.04. The van der Waals surface area contributed by atoms with E-state index >= 15 is 0 Å². The molecule has 0 atom stereocenters. The number of carbonyl (C=O) groups is 3. The van der Waals surface area contributed by atoms with E-state index in [4.69, 9.17) is 9.47 Å². The SMILES string of the molecule is CCCCCCC(=O)c1ccc2c(c1)c1cc(C(=O)c3ccc(OC(=O)OCC)cc3)ccc1n2CC. The van der Waals surface area contributed by atoms with E-state index in [1.54, 1.807) is 31.2 Å². The Hall–Kier alpha value is -3.93. The monoisotopic (exact) mass is 499 g/mol. The molecule has 4 rings (SSSR count). The Morgan fingerprint density at radius 2 is 1.35 bits per heavy atom. The van der Waals surface area contributed by atoms with Crippen LogP contribution in [0.1, 0.15) is 79.2 Å². The molecule has 0 amide bonds. The van der Waals surface area contributed by atoms with Crippen LogP contribution in [0.5, 0.6) is 5.75 Å². The van der Waals surface area contributed by atoms with Crippen molar-refractivity contribution in [3.8, 4) is 5.75 Å². The minimum Gasteiger partial charge on any atom is -0.434 e. The van der Waals surface area contributed by atoms with Gasteiger partial charge in [-0.25, -0.2) is 4.79 Å². The van der Waals surface area contributed by atoms with E-state index in [1.165, 1.54) is 0 Å². The predicted octanol–water partition coefficient (Wildman–Crippen LogP) is 7.73. The van der Waals surface area contributed by atoms with Crippen molar-refractivity contribution in [2.45, 2.75) is 59.4 Å². The molecule has 0 spiro atoms. The Labute approximate surface area is 217 Å². The van der Waals surface area contributed by atoms with Crippen molar-refractivity contribution in [1.29, 1.82) is 0 Å². The van der Waals surface area contributed by atoms with Gasteiger partial charge in [-0.15, -0.1) is 0 Å². The van der Waals surface area contributed by atoms with Gasteiger partial charge in [-0.2, -0.15) is 0 Å². The summed E-state index contributed by atoms with van der Waals surface area (Å²) in [5, 5.41) is 1.93. The van der Waals surface area contributed by atoms with Gasteiger partial charge in [-0.1, -0.05) is 26.2 Å². The molecule has 1 aromatic heterocycles. The maximum absolute atomic E-state index is 13.3. The van der Waals surface area contributed by atoms with Gasteiger partial charge < -0.3 is 14.0 Å². The first kappa shape index (κ1) is 26.1. The summed E-state index contributed by atoms with van der Waals surface area (Å²) in [4.78, 5) is 37.7. The second-order valence-corrected chi connectivity index (χ2v) is 9.08. The summed E-state index contributed by atoms with van der Waals surface area (Å²) in [7, 11) is 0. The number of ketones is 2. The van der Waals surface area contributed by atoms with E-state index in [2.05, 4.69) is 18.4 Å². The van der Waals surface area contributed by atoms with E-state index in [9.17, 15) is 14.4 Å². The van der Waals surface area contributed by atoms with Crippen molar-refractivity contribution in [3.63, 3.8) is 0 Å². The third-order valence-corrected chi connectivity index (χ3v) is 6.60. The zero-order valence-corrected chi connectivity index (χ0v) is 21.7. The molecular weight excluding hydrogens is 466 g/mol. The molecule has 6 heteroatoms. The Balaban J connectivity index is 1.64. The highest BCUT2D eigenvalue weighted by molar-refractivity contribution is 6.15. The first-order valence-corrected chi connectivity index (χ1v) is 13.0. The lowest BCUT2D eigenvalue weighted by Gasteiger charge is -2.06. The smallest absolute Gasteiger partial charge is 0.434 e. The quantitative estimate of drug-likeness (QED) is 0.0913. The van der Waals surface area contributed by atoms with Gasteiger partial charge in [0.05, 0.1) is 6.61 Å². The normalized spacial score (nSPS) is 11.1. The summed E-state index contributed by atoms with van der Waals surface area (Å²) in [6.45, 7) is 6.95. The van der Waals surface area contributed by atoms with Crippen LogP contribution in [0.25, 0.3) is 21.8 Å². The number of Topliss-reactive ketones (excluding diaryl/α,β-unsaturated/α-hetero) is 1. The van der Waals surface area contributed by atoms with Crippen molar-refractivity contribution in [2.24, 2.45) is 0 Å². The number of aromatic nitrogens is 1. The third kappa shape index (κ3) is 5.74.